The molecular weight excluding hydrogens is 809 g/mol. The van der Waals surface area contributed by atoms with Crippen LogP contribution in [0.5, 0.6) is 0 Å². The number of nitrogens with one attached hydrogen (secondary N) is 3. The van der Waals surface area contributed by atoms with Crippen LogP contribution in [0.25, 0.3) is 0 Å². The highest BCUT2D eigenvalue weighted by molar-refractivity contribution is 6.33. The number of piperidine rings is 3. The Morgan fingerprint density at radius 3 is 2.23 bits per heavy atom. The second-order valence-electron chi connectivity index (χ2n) is 16.2. The molecule has 320 valence electrons. The van der Waals surface area contributed by atoms with E-state index in [0.29, 0.717) is 52.0 Å². The highest BCUT2D eigenvalue weighted by Gasteiger charge is 2.29. The monoisotopic (exact) mass is 857 g/mol. The molecule has 5 aromatic rings. The van der Waals surface area contributed by atoms with Crippen molar-refractivity contribution < 1.29 is 23.6 Å². The van der Waals surface area contributed by atoms with Crippen LogP contribution in [0.3, 0.4) is 0 Å². The predicted octanol–water partition coefficient (Wildman–Crippen LogP) is 7.60. The van der Waals surface area contributed by atoms with Crippen molar-refractivity contribution in [1.29, 1.82) is 0 Å². The van der Waals surface area contributed by atoms with Gasteiger partial charge in [0.15, 0.2) is 11.6 Å². The Balaban J connectivity index is 0.792. The number of carbonyl (C=O) groups excluding carboxylic acids is 4. The second-order valence-corrected chi connectivity index (χ2v) is 16.6. The highest BCUT2D eigenvalue weighted by atomic mass is 35.5. The molecule has 4 amide bonds. The van der Waals surface area contributed by atoms with Crippen molar-refractivity contribution in [2.24, 2.45) is 11.7 Å². The number of nitrogens with zero attached hydrogens (tertiary/aromatic N) is 5. The third-order valence-electron chi connectivity index (χ3n) is 12.1. The fraction of sp³-hybridized carbons (Fsp3) is 0.319. The molecule has 13 nitrogen and oxygen atoms in total. The molecule has 0 aliphatic carbocycles. The first-order valence-electron chi connectivity index (χ1n) is 21.1. The molecule has 5 N–H and O–H groups in total. The SMILES string of the molecule is NC(=O)c1ccc(N(c2ccccc2Cl)c2nc(Nc3ccc(C(=O)NC4CCN(CCC5CCN(c6ccc(C7CCC(=O)NC7=O)cc6)CC5)CC4)cc3)ncc2F)cc1. The van der Waals surface area contributed by atoms with Gasteiger partial charge in [0.25, 0.3) is 5.91 Å². The summed E-state index contributed by atoms with van der Waals surface area (Å²) < 4.78 is 15.5. The van der Waals surface area contributed by atoms with Gasteiger partial charge < -0.3 is 26.2 Å². The highest BCUT2D eigenvalue weighted by Crippen LogP contribution is 2.39. The fourth-order valence-electron chi connectivity index (χ4n) is 8.54. The van der Waals surface area contributed by atoms with Gasteiger partial charge >= 0.3 is 0 Å². The largest absolute Gasteiger partial charge is 0.372 e. The van der Waals surface area contributed by atoms with E-state index in [2.05, 4.69) is 47.9 Å². The number of likely N-dealkylation sites (tertiary alicyclic amines) is 1. The molecule has 0 bridgehead atoms. The van der Waals surface area contributed by atoms with Crippen molar-refractivity contribution in [3.05, 3.63) is 131 Å². The second kappa shape index (κ2) is 19.1. The number of primary amides is 1. The number of halogens is 2. The van der Waals surface area contributed by atoms with Gasteiger partial charge in [-0.3, -0.25) is 29.4 Å². The minimum absolute atomic E-state index is 0.0700. The Kier molecular flexibility index (Phi) is 13.1. The van der Waals surface area contributed by atoms with Gasteiger partial charge in [-0.1, -0.05) is 35.9 Å². The molecule has 1 atom stereocenters. The molecule has 62 heavy (non-hydrogen) atoms. The van der Waals surface area contributed by atoms with Crippen molar-refractivity contribution in [3.63, 3.8) is 0 Å². The molecule has 0 radical (unpaired) electrons. The Morgan fingerprint density at radius 1 is 0.855 bits per heavy atom. The molecule has 0 spiro atoms. The minimum Gasteiger partial charge on any atom is -0.372 e. The lowest BCUT2D eigenvalue weighted by atomic mass is 9.90. The quantitative estimate of drug-likeness (QED) is 0.0867. The van der Waals surface area contributed by atoms with Crippen LogP contribution in [0.4, 0.5) is 38.9 Å². The first-order valence-corrected chi connectivity index (χ1v) is 21.5. The van der Waals surface area contributed by atoms with Crippen molar-refractivity contribution in [2.75, 3.05) is 47.8 Å². The Hall–Kier alpha value is -6.38. The van der Waals surface area contributed by atoms with E-state index in [1.54, 1.807) is 72.8 Å². The molecule has 4 aromatic carbocycles. The molecule has 1 unspecified atom stereocenters. The summed E-state index contributed by atoms with van der Waals surface area (Å²) in [6, 6.07) is 28.6. The minimum atomic E-state index is -0.696. The van der Waals surface area contributed by atoms with E-state index >= 15 is 4.39 Å². The number of benzene rings is 4. The number of anilines is 6. The van der Waals surface area contributed by atoms with Crippen LogP contribution in [-0.4, -0.2) is 77.3 Å². The van der Waals surface area contributed by atoms with Crippen LogP contribution >= 0.6 is 11.6 Å². The maximum Gasteiger partial charge on any atom is 0.251 e. The van der Waals surface area contributed by atoms with Crippen LogP contribution < -0.4 is 31.5 Å². The van der Waals surface area contributed by atoms with Gasteiger partial charge in [-0.25, -0.2) is 9.37 Å². The number of hydrogen-bond acceptors (Lipinski definition) is 10. The predicted molar refractivity (Wildman–Crippen MR) is 238 cm³/mol. The van der Waals surface area contributed by atoms with Crippen LogP contribution in [0, 0.1) is 11.7 Å². The maximum absolute atomic E-state index is 15.5. The zero-order chi connectivity index (χ0) is 43.2. The summed E-state index contributed by atoms with van der Waals surface area (Å²) in [4.78, 5) is 63.9. The van der Waals surface area contributed by atoms with Crippen molar-refractivity contribution >= 4 is 69.7 Å². The molecule has 15 heteroatoms. The van der Waals surface area contributed by atoms with Gasteiger partial charge in [0.05, 0.1) is 22.8 Å². The van der Waals surface area contributed by atoms with E-state index < -0.39 is 11.7 Å². The van der Waals surface area contributed by atoms with E-state index in [-0.39, 0.29) is 41.4 Å². The summed E-state index contributed by atoms with van der Waals surface area (Å²) in [5.41, 5.74) is 9.97. The zero-order valence-corrected chi connectivity index (χ0v) is 35.0. The van der Waals surface area contributed by atoms with E-state index in [9.17, 15) is 19.2 Å². The molecular formula is C47H49ClFN9O4. The number of para-hydroxylation sites is 1. The Morgan fingerprint density at radius 2 is 1.55 bits per heavy atom. The number of aromatic nitrogens is 2. The molecule has 4 heterocycles. The fourth-order valence-corrected chi connectivity index (χ4v) is 8.76. The molecule has 3 aliphatic rings. The number of rotatable bonds is 13. The normalized spacial score (nSPS) is 17.6. The summed E-state index contributed by atoms with van der Waals surface area (Å²) in [6.07, 6.45) is 7.25. The lowest BCUT2D eigenvalue weighted by Gasteiger charge is -2.36. The number of hydrogen-bond donors (Lipinski definition) is 4. The number of nitrogens with two attached hydrogens (primary N) is 1. The lowest BCUT2D eigenvalue weighted by Crippen LogP contribution is -2.45. The maximum atomic E-state index is 15.5. The van der Waals surface area contributed by atoms with Gasteiger partial charge in [0, 0.05) is 66.8 Å². The molecule has 3 fully saturated rings. The molecule has 8 rings (SSSR count). The van der Waals surface area contributed by atoms with Gasteiger partial charge in [-0.2, -0.15) is 4.98 Å². The first kappa shape index (κ1) is 42.3. The van der Waals surface area contributed by atoms with E-state index in [4.69, 9.17) is 17.3 Å². The number of amides is 4. The Bertz CT molecular complexity index is 2400. The average Bonchev–Trinajstić information content (AvgIpc) is 3.28. The number of imide groups is 1. The van der Waals surface area contributed by atoms with Crippen LogP contribution in [-0.2, 0) is 9.59 Å². The summed E-state index contributed by atoms with van der Waals surface area (Å²) in [5.74, 6) is -1.34. The van der Waals surface area contributed by atoms with Crippen LogP contribution in [0.2, 0.25) is 5.02 Å². The van der Waals surface area contributed by atoms with Gasteiger partial charge in [-0.05, 0) is 129 Å². The summed E-state index contributed by atoms with van der Waals surface area (Å²) in [6.45, 7) is 4.96. The molecule has 3 aliphatic heterocycles. The first-order chi connectivity index (χ1) is 30.1. The van der Waals surface area contributed by atoms with Gasteiger partial charge in [0.1, 0.15) is 0 Å². The van der Waals surface area contributed by atoms with E-state index in [1.165, 1.54) is 10.6 Å². The standard InChI is InChI=1S/C47H49ClFN9O4/c48-39-3-1-2-4-41(39)58(37-15-9-32(10-16-37)43(50)60)44-40(49)29-51-47(55-44)53-34-11-5-33(6-12-34)45(61)52-35-22-25-56(26-23-35)24-19-30-20-27-57(28-21-30)36-13-7-31(8-14-36)38-17-18-42(59)54-46(38)62/h1-16,29-30,35,38H,17-28H2,(H2,50,60)(H,52,61)(H,51,53,55)(H,54,59,62). The van der Waals surface area contributed by atoms with Crippen LogP contribution in [0.1, 0.15) is 77.1 Å². The third kappa shape index (κ3) is 10.0. The van der Waals surface area contributed by atoms with Crippen molar-refractivity contribution in [1.82, 2.24) is 25.5 Å². The topological polar surface area (TPSA) is 166 Å². The molecule has 1 aromatic heterocycles. The lowest BCUT2D eigenvalue weighted by molar-refractivity contribution is -0.134. The van der Waals surface area contributed by atoms with Gasteiger partial charge in [0.2, 0.25) is 23.7 Å². The zero-order valence-electron chi connectivity index (χ0n) is 34.2. The van der Waals surface area contributed by atoms with Crippen LogP contribution in [0.15, 0.2) is 103 Å². The third-order valence-corrected chi connectivity index (χ3v) is 12.5. The number of carbonyl (C=O) groups is 4. The Labute approximate surface area is 364 Å². The average molecular weight is 858 g/mol. The van der Waals surface area contributed by atoms with Crippen molar-refractivity contribution in [2.45, 2.75) is 56.9 Å². The smallest absolute Gasteiger partial charge is 0.251 e. The molecule has 3 saturated heterocycles. The van der Waals surface area contributed by atoms with Crippen molar-refractivity contribution in [3.8, 4) is 0 Å². The van der Waals surface area contributed by atoms with Gasteiger partial charge in [-0.15, -0.1) is 0 Å². The molecule has 0 saturated carbocycles. The summed E-state index contributed by atoms with van der Waals surface area (Å²) in [5, 5.41) is 9.14. The van der Waals surface area contributed by atoms with E-state index in [1.807, 2.05) is 12.1 Å². The van der Waals surface area contributed by atoms with E-state index in [0.717, 1.165) is 76.6 Å². The summed E-state index contributed by atoms with van der Waals surface area (Å²) in [7, 11) is 0. The summed E-state index contributed by atoms with van der Waals surface area (Å²) >= 11 is 6.57.